The molecule has 0 bridgehead atoms. The first-order valence-corrected chi connectivity index (χ1v) is 9.52. The van der Waals surface area contributed by atoms with Crippen LogP contribution in [0, 0.1) is 5.92 Å². The highest BCUT2D eigenvalue weighted by Crippen LogP contribution is 2.21. The molecule has 134 valence electrons. The zero-order chi connectivity index (χ0) is 17.6. The van der Waals surface area contributed by atoms with E-state index in [1.165, 1.54) is 0 Å². The molecular weight excluding hydrogens is 384 g/mol. The fourth-order valence-corrected chi connectivity index (χ4v) is 3.71. The van der Waals surface area contributed by atoms with Gasteiger partial charge >= 0.3 is 0 Å². The lowest BCUT2D eigenvalue weighted by Crippen LogP contribution is -2.49. The van der Waals surface area contributed by atoms with Crippen LogP contribution in [0.5, 0.6) is 0 Å². The zero-order valence-electron chi connectivity index (χ0n) is 14.2. The van der Waals surface area contributed by atoms with Gasteiger partial charge in [-0.05, 0) is 30.5 Å². The van der Waals surface area contributed by atoms with E-state index in [0.29, 0.717) is 39.4 Å². The summed E-state index contributed by atoms with van der Waals surface area (Å²) in [7, 11) is 0. The Balaban J connectivity index is 1.59. The van der Waals surface area contributed by atoms with Gasteiger partial charge in [-0.3, -0.25) is 9.59 Å². The molecule has 2 fully saturated rings. The van der Waals surface area contributed by atoms with E-state index in [2.05, 4.69) is 15.9 Å². The Bertz CT molecular complexity index is 656. The molecule has 1 unspecified atom stereocenters. The largest absolute Gasteiger partial charge is 0.378 e. The third-order valence-electron chi connectivity index (χ3n) is 4.72. The maximum absolute atomic E-state index is 12.7. The topological polar surface area (TPSA) is 49.9 Å². The van der Waals surface area contributed by atoms with Crippen LogP contribution in [-0.2, 0) is 14.3 Å². The van der Waals surface area contributed by atoms with Crippen LogP contribution in [0.25, 0.3) is 6.08 Å². The van der Waals surface area contributed by atoms with Gasteiger partial charge in [0.1, 0.15) is 0 Å². The van der Waals surface area contributed by atoms with Crippen molar-refractivity contribution in [2.24, 2.45) is 5.92 Å². The molecule has 0 aromatic heterocycles. The van der Waals surface area contributed by atoms with Gasteiger partial charge in [0.2, 0.25) is 11.8 Å². The Labute approximate surface area is 156 Å². The molecule has 2 amide bonds. The Morgan fingerprint density at radius 2 is 1.88 bits per heavy atom. The van der Waals surface area contributed by atoms with E-state index < -0.39 is 0 Å². The highest BCUT2D eigenvalue weighted by molar-refractivity contribution is 9.10. The normalized spacial score (nSPS) is 21.6. The molecule has 2 heterocycles. The predicted molar refractivity (Wildman–Crippen MR) is 99.9 cm³/mol. The van der Waals surface area contributed by atoms with E-state index in [1.54, 1.807) is 11.0 Å². The summed E-state index contributed by atoms with van der Waals surface area (Å²) < 4.78 is 6.27. The number of halogens is 1. The summed E-state index contributed by atoms with van der Waals surface area (Å²) in [6.45, 7) is 3.75. The molecule has 2 aliphatic heterocycles. The lowest BCUT2D eigenvalue weighted by atomic mass is 9.96. The standard InChI is InChI=1S/C19H23BrN2O3/c20-17-6-2-1-4-15(17)7-8-18(23)22-9-3-5-16(14-22)19(24)21-10-12-25-13-11-21/h1-2,4,6-8,16H,3,5,9-14H2/b8-7+. The van der Waals surface area contributed by atoms with E-state index in [4.69, 9.17) is 4.74 Å². The second-order valence-corrected chi connectivity index (χ2v) is 7.27. The smallest absolute Gasteiger partial charge is 0.246 e. The number of nitrogens with zero attached hydrogens (tertiary/aromatic N) is 2. The molecule has 1 atom stereocenters. The molecule has 0 N–H and O–H groups in total. The van der Waals surface area contributed by atoms with Crippen LogP contribution < -0.4 is 0 Å². The summed E-state index contributed by atoms with van der Waals surface area (Å²) in [5, 5.41) is 0. The second-order valence-electron chi connectivity index (χ2n) is 6.42. The van der Waals surface area contributed by atoms with E-state index >= 15 is 0 Å². The summed E-state index contributed by atoms with van der Waals surface area (Å²) in [5.41, 5.74) is 0.966. The fourth-order valence-electron chi connectivity index (χ4n) is 3.30. The van der Waals surface area contributed by atoms with Gasteiger partial charge in [-0.25, -0.2) is 0 Å². The number of ether oxygens (including phenoxy) is 1. The van der Waals surface area contributed by atoms with Crippen molar-refractivity contribution in [2.45, 2.75) is 12.8 Å². The van der Waals surface area contributed by atoms with Crippen molar-refractivity contribution in [2.75, 3.05) is 39.4 Å². The first-order valence-electron chi connectivity index (χ1n) is 8.73. The van der Waals surface area contributed by atoms with Crippen LogP contribution >= 0.6 is 15.9 Å². The molecule has 2 aliphatic rings. The molecule has 0 saturated carbocycles. The van der Waals surface area contributed by atoms with Gasteiger partial charge in [0, 0.05) is 36.7 Å². The van der Waals surface area contributed by atoms with Crippen molar-refractivity contribution in [3.8, 4) is 0 Å². The average molecular weight is 407 g/mol. The monoisotopic (exact) mass is 406 g/mol. The van der Waals surface area contributed by atoms with Crippen molar-refractivity contribution in [3.63, 3.8) is 0 Å². The average Bonchev–Trinajstić information content (AvgIpc) is 2.67. The summed E-state index contributed by atoms with van der Waals surface area (Å²) in [6, 6.07) is 7.78. The molecule has 6 heteroatoms. The first kappa shape index (κ1) is 18.1. The zero-order valence-corrected chi connectivity index (χ0v) is 15.8. The van der Waals surface area contributed by atoms with E-state index in [-0.39, 0.29) is 17.7 Å². The SMILES string of the molecule is O=C(/C=C/c1ccccc1Br)N1CCCC(C(=O)N2CCOCC2)C1. The van der Waals surface area contributed by atoms with Crippen LogP contribution in [-0.4, -0.2) is 61.0 Å². The number of morpholine rings is 1. The molecule has 2 saturated heterocycles. The van der Waals surface area contributed by atoms with Crippen LogP contribution in [0.4, 0.5) is 0 Å². The van der Waals surface area contributed by atoms with E-state index in [0.717, 1.165) is 22.9 Å². The van der Waals surface area contributed by atoms with E-state index in [1.807, 2.05) is 35.2 Å². The van der Waals surface area contributed by atoms with Gasteiger partial charge in [-0.15, -0.1) is 0 Å². The minimum absolute atomic E-state index is 0.0322. The van der Waals surface area contributed by atoms with Gasteiger partial charge in [0.25, 0.3) is 0 Å². The number of carbonyl (C=O) groups is 2. The van der Waals surface area contributed by atoms with Gasteiger partial charge in [0.15, 0.2) is 0 Å². The highest BCUT2D eigenvalue weighted by atomic mass is 79.9. The first-order chi connectivity index (χ1) is 12.1. The predicted octanol–water partition coefficient (Wildman–Crippen LogP) is 2.56. The third-order valence-corrected chi connectivity index (χ3v) is 5.44. The maximum atomic E-state index is 12.7. The number of rotatable bonds is 3. The number of likely N-dealkylation sites (tertiary alicyclic amines) is 1. The molecule has 1 aromatic rings. The highest BCUT2D eigenvalue weighted by Gasteiger charge is 2.31. The van der Waals surface area contributed by atoms with E-state index in [9.17, 15) is 9.59 Å². The van der Waals surface area contributed by atoms with Gasteiger partial charge in [0.05, 0.1) is 19.1 Å². The van der Waals surface area contributed by atoms with Gasteiger partial charge < -0.3 is 14.5 Å². The lowest BCUT2D eigenvalue weighted by Gasteiger charge is -2.35. The molecule has 0 radical (unpaired) electrons. The number of amides is 2. The molecule has 5 nitrogen and oxygen atoms in total. The molecule has 3 rings (SSSR count). The van der Waals surface area contributed by atoms with Gasteiger partial charge in [-0.2, -0.15) is 0 Å². The molecule has 25 heavy (non-hydrogen) atoms. The molecular formula is C19H23BrN2O3. The van der Waals surface area contributed by atoms with Crippen molar-refractivity contribution < 1.29 is 14.3 Å². The third kappa shape index (κ3) is 4.70. The Morgan fingerprint density at radius 3 is 2.64 bits per heavy atom. The van der Waals surface area contributed by atoms with Gasteiger partial charge in [-0.1, -0.05) is 34.1 Å². The number of benzene rings is 1. The summed E-state index contributed by atoms with van der Waals surface area (Å²) >= 11 is 3.48. The van der Waals surface area contributed by atoms with Crippen LogP contribution in [0.15, 0.2) is 34.8 Å². The number of hydrogen-bond acceptors (Lipinski definition) is 3. The summed E-state index contributed by atoms with van der Waals surface area (Å²) in [6.07, 6.45) is 5.14. The molecule has 0 spiro atoms. The van der Waals surface area contributed by atoms with Crippen molar-refractivity contribution in [1.82, 2.24) is 9.80 Å². The van der Waals surface area contributed by atoms with Crippen molar-refractivity contribution >= 4 is 33.8 Å². The second kappa shape index (κ2) is 8.63. The quantitative estimate of drug-likeness (QED) is 0.724. The maximum Gasteiger partial charge on any atom is 0.246 e. The summed E-state index contributed by atoms with van der Waals surface area (Å²) in [5.74, 6) is 0.0403. The minimum atomic E-state index is -0.0901. The molecule has 0 aliphatic carbocycles. The van der Waals surface area contributed by atoms with Crippen molar-refractivity contribution in [3.05, 3.63) is 40.4 Å². The van der Waals surface area contributed by atoms with Crippen LogP contribution in [0.1, 0.15) is 18.4 Å². The molecule has 1 aromatic carbocycles. The Morgan fingerprint density at radius 1 is 1.12 bits per heavy atom. The fraction of sp³-hybridized carbons (Fsp3) is 0.474. The number of carbonyl (C=O) groups excluding carboxylic acids is 2. The minimum Gasteiger partial charge on any atom is -0.378 e. The van der Waals surface area contributed by atoms with Crippen molar-refractivity contribution in [1.29, 1.82) is 0 Å². The Hall–Kier alpha value is -1.66. The lowest BCUT2D eigenvalue weighted by molar-refractivity contribution is -0.143. The Kier molecular flexibility index (Phi) is 6.26. The number of piperidine rings is 1. The summed E-state index contributed by atoms with van der Waals surface area (Å²) in [4.78, 5) is 28.8. The van der Waals surface area contributed by atoms with Crippen LogP contribution in [0.2, 0.25) is 0 Å². The number of hydrogen-bond donors (Lipinski definition) is 0. The van der Waals surface area contributed by atoms with Crippen LogP contribution in [0.3, 0.4) is 0 Å².